The Kier molecular flexibility index (Phi) is 1.29. The van der Waals surface area contributed by atoms with Crippen LogP contribution in [0.1, 0.15) is 33.1 Å². The first-order valence-corrected chi connectivity index (χ1v) is 4.29. The minimum atomic E-state index is -0.00213. The van der Waals surface area contributed by atoms with Gasteiger partial charge in [0.1, 0.15) is 6.10 Å². The molecule has 2 fully saturated rings. The van der Waals surface area contributed by atoms with Gasteiger partial charge in [0.2, 0.25) is 0 Å². The average molecular weight is 154 g/mol. The second-order valence-corrected chi connectivity index (χ2v) is 4.37. The molecule has 11 heavy (non-hydrogen) atoms. The lowest BCUT2D eigenvalue weighted by Crippen LogP contribution is -2.12. The SMILES string of the molecule is CC1(C)CC1C1CCC(=O)O1. The van der Waals surface area contributed by atoms with Gasteiger partial charge in [0.25, 0.3) is 0 Å². The number of hydrogen-bond donors (Lipinski definition) is 0. The van der Waals surface area contributed by atoms with Crippen molar-refractivity contribution in [1.82, 2.24) is 0 Å². The van der Waals surface area contributed by atoms with Crippen molar-refractivity contribution in [2.24, 2.45) is 11.3 Å². The summed E-state index contributed by atoms with van der Waals surface area (Å²) in [5.41, 5.74) is 0.440. The zero-order chi connectivity index (χ0) is 8.06. The van der Waals surface area contributed by atoms with E-state index in [-0.39, 0.29) is 12.1 Å². The number of rotatable bonds is 1. The molecule has 2 aliphatic rings. The number of ether oxygens (including phenoxy) is 1. The number of hydrogen-bond acceptors (Lipinski definition) is 2. The Hall–Kier alpha value is -0.530. The molecule has 2 rings (SSSR count). The molecule has 0 bridgehead atoms. The smallest absolute Gasteiger partial charge is 0.306 e. The fourth-order valence-electron chi connectivity index (χ4n) is 1.97. The van der Waals surface area contributed by atoms with E-state index < -0.39 is 0 Å². The van der Waals surface area contributed by atoms with Crippen molar-refractivity contribution in [3.63, 3.8) is 0 Å². The second-order valence-electron chi connectivity index (χ2n) is 4.37. The van der Waals surface area contributed by atoms with Crippen LogP contribution >= 0.6 is 0 Å². The summed E-state index contributed by atoms with van der Waals surface area (Å²) in [4.78, 5) is 10.8. The standard InChI is InChI=1S/C9H14O2/c1-9(2)5-6(9)7-3-4-8(10)11-7/h6-7H,3-5H2,1-2H3. The molecule has 1 aliphatic heterocycles. The molecule has 2 heteroatoms. The van der Waals surface area contributed by atoms with E-state index in [4.69, 9.17) is 4.74 Å². The molecule has 0 amide bonds. The topological polar surface area (TPSA) is 26.3 Å². The maximum Gasteiger partial charge on any atom is 0.306 e. The van der Waals surface area contributed by atoms with Crippen LogP contribution in [0.15, 0.2) is 0 Å². The van der Waals surface area contributed by atoms with Gasteiger partial charge in [0.05, 0.1) is 0 Å². The molecule has 0 N–H and O–H groups in total. The Labute approximate surface area is 66.9 Å². The Morgan fingerprint density at radius 1 is 1.55 bits per heavy atom. The van der Waals surface area contributed by atoms with E-state index in [1.54, 1.807) is 0 Å². The predicted molar refractivity (Wildman–Crippen MR) is 41.0 cm³/mol. The third kappa shape index (κ3) is 1.15. The lowest BCUT2D eigenvalue weighted by molar-refractivity contribution is -0.142. The molecule has 0 aromatic heterocycles. The molecule has 0 aromatic rings. The van der Waals surface area contributed by atoms with E-state index in [1.807, 2.05) is 0 Å². The van der Waals surface area contributed by atoms with E-state index in [2.05, 4.69) is 13.8 Å². The summed E-state index contributed by atoms with van der Waals surface area (Å²) in [6, 6.07) is 0. The molecular formula is C9H14O2. The van der Waals surface area contributed by atoms with Crippen molar-refractivity contribution < 1.29 is 9.53 Å². The molecule has 2 unspecified atom stereocenters. The predicted octanol–water partition coefficient (Wildman–Crippen LogP) is 1.74. The van der Waals surface area contributed by atoms with Gasteiger partial charge in [-0.3, -0.25) is 4.79 Å². The van der Waals surface area contributed by atoms with Crippen LogP contribution < -0.4 is 0 Å². The van der Waals surface area contributed by atoms with Crippen molar-refractivity contribution in [3.8, 4) is 0 Å². The van der Waals surface area contributed by atoms with Gasteiger partial charge in [0.15, 0.2) is 0 Å². The Morgan fingerprint density at radius 3 is 2.55 bits per heavy atom. The van der Waals surface area contributed by atoms with Crippen LogP contribution in [0.4, 0.5) is 0 Å². The van der Waals surface area contributed by atoms with Gasteiger partial charge in [-0.1, -0.05) is 13.8 Å². The zero-order valence-corrected chi connectivity index (χ0v) is 7.09. The van der Waals surface area contributed by atoms with Crippen LogP contribution in [-0.4, -0.2) is 12.1 Å². The molecule has 1 saturated heterocycles. The summed E-state index contributed by atoms with van der Waals surface area (Å²) in [7, 11) is 0. The molecule has 1 saturated carbocycles. The highest BCUT2D eigenvalue weighted by molar-refractivity contribution is 5.71. The third-order valence-corrected chi connectivity index (χ3v) is 2.95. The van der Waals surface area contributed by atoms with Crippen LogP contribution in [0.3, 0.4) is 0 Å². The van der Waals surface area contributed by atoms with Crippen molar-refractivity contribution >= 4 is 5.97 Å². The van der Waals surface area contributed by atoms with Crippen molar-refractivity contribution in [3.05, 3.63) is 0 Å². The first kappa shape index (κ1) is 7.14. The third-order valence-electron chi connectivity index (χ3n) is 2.95. The molecule has 0 spiro atoms. The highest BCUT2D eigenvalue weighted by Gasteiger charge is 2.52. The largest absolute Gasteiger partial charge is 0.462 e. The van der Waals surface area contributed by atoms with Crippen LogP contribution in [0.2, 0.25) is 0 Å². The van der Waals surface area contributed by atoms with Gasteiger partial charge < -0.3 is 4.74 Å². The van der Waals surface area contributed by atoms with Crippen molar-refractivity contribution in [1.29, 1.82) is 0 Å². The van der Waals surface area contributed by atoms with E-state index in [9.17, 15) is 4.79 Å². The normalized spacial score (nSPS) is 40.4. The molecule has 2 atom stereocenters. The van der Waals surface area contributed by atoms with Gasteiger partial charge in [-0.15, -0.1) is 0 Å². The second kappa shape index (κ2) is 1.99. The summed E-state index contributed by atoms with van der Waals surface area (Å²) in [6.07, 6.45) is 3.06. The van der Waals surface area contributed by atoms with Crippen molar-refractivity contribution in [2.75, 3.05) is 0 Å². The maximum absolute atomic E-state index is 10.8. The van der Waals surface area contributed by atoms with Crippen molar-refractivity contribution in [2.45, 2.75) is 39.2 Å². The van der Waals surface area contributed by atoms with Gasteiger partial charge in [0, 0.05) is 12.3 Å². The fraction of sp³-hybridized carbons (Fsp3) is 0.889. The number of carbonyl (C=O) groups excluding carboxylic acids is 1. The summed E-state index contributed by atoms with van der Waals surface area (Å²) in [5, 5.41) is 0. The molecule has 1 aliphatic carbocycles. The Morgan fingerprint density at radius 2 is 2.18 bits per heavy atom. The molecule has 1 heterocycles. The number of carbonyl (C=O) groups is 1. The van der Waals surface area contributed by atoms with Crippen LogP contribution in [0.25, 0.3) is 0 Å². The highest BCUT2D eigenvalue weighted by atomic mass is 16.5. The first-order valence-electron chi connectivity index (χ1n) is 4.29. The van der Waals surface area contributed by atoms with Crippen LogP contribution in [0.5, 0.6) is 0 Å². The molecule has 0 radical (unpaired) electrons. The minimum Gasteiger partial charge on any atom is -0.462 e. The summed E-state index contributed by atoms with van der Waals surface area (Å²) in [5.74, 6) is 0.645. The van der Waals surface area contributed by atoms with Gasteiger partial charge in [-0.25, -0.2) is 0 Å². The monoisotopic (exact) mass is 154 g/mol. The van der Waals surface area contributed by atoms with E-state index >= 15 is 0 Å². The minimum absolute atomic E-state index is 0.00213. The summed E-state index contributed by atoms with van der Waals surface area (Å²) in [6.45, 7) is 4.48. The lowest BCUT2D eigenvalue weighted by Gasteiger charge is -2.09. The van der Waals surface area contributed by atoms with Gasteiger partial charge in [-0.05, 0) is 18.3 Å². The van der Waals surface area contributed by atoms with Crippen LogP contribution in [0, 0.1) is 11.3 Å². The summed E-state index contributed by atoms with van der Waals surface area (Å²) >= 11 is 0. The molecule has 0 aromatic carbocycles. The lowest BCUT2D eigenvalue weighted by atomic mass is 10.0. The van der Waals surface area contributed by atoms with Crippen LogP contribution in [-0.2, 0) is 9.53 Å². The molecule has 2 nitrogen and oxygen atoms in total. The van der Waals surface area contributed by atoms with E-state index in [1.165, 1.54) is 6.42 Å². The summed E-state index contributed by atoms with van der Waals surface area (Å²) < 4.78 is 5.18. The van der Waals surface area contributed by atoms with E-state index in [0.717, 1.165) is 6.42 Å². The Bertz CT molecular complexity index is 196. The fourth-order valence-corrected chi connectivity index (χ4v) is 1.97. The Balaban J connectivity index is 1.94. The van der Waals surface area contributed by atoms with Gasteiger partial charge >= 0.3 is 5.97 Å². The van der Waals surface area contributed by atoms with Gasteiger partial charge in [-0.2, -0.15) is 0 Å². The quantitative estimate of drug-likeness (QED) is 0.538. The maximum atomic E-state index is 10.8. The average Bonchev–Trinajstić information content (AvgIpc) is 2.39. The zero-order valence-electron chi connectivity index (χ0n) is 7.09. The highest BCUT2D eigenvalue weighted by Crippen LogP contribution is 2.55. The van der Waals surface area contributed by atoms with E-state index in [0.29, 0.717) is 17.8 Å². The molecule has 62 valence electrons. The number of esters is 1. The molecular weight excluding hydrogens is 140 g/mol. The first-order chi connectivity index (χ1) is 5.09. The number of cyclic esters (lactones) is 1.